The average Bonchev–Trinajstić information content (AvgIpc) is 2.36. The summed E-state index contributed by atoms with van der Waals surface area (Å²) >= 11 is 0. The normalized spacial score (nSPS) is 19.2. The van der Waals surface area contributed by atoms with Crippen molar-refractivity contribution in [2.45, 2.75) is 46.1 Å². The Morgan fingerprint density at radius 2 is 1.94 bits per heavy atom. The first-order valence-electron chi connectivity index (χ1n) is 6.57. The van der Waals surface area contributed by atoms with E-state index in [1.807, 2.05) is 0 Å². The monoisotopic (exact) mass is 250 g/mol. The van der Waals surface area contributed by atoms with Gasteiger partial charge in [-0.15, -0.1) is 0 Å². The number of hydrogen-bond donors (Lipinski definition) is 0. The van der Waals surface area contributed by atoms with Crippen LogP contribution in [0.3, 0.4) is 0 Å². The van der Waals surface area contributed by atoms with Crippen molar-refractivity contribution in [1.82, 2.24) is 9.97 Å². The zero-order valence-electron chi connectivity index (χ0n) is 11.9. The second kappa shape index (κ2) is 5.22. The fourth-order valence-electron chi connectivity index (χ4n) is 2.40. The van der Waals surface area contributed by atoms with Gasteiger partial charge in [-0.1, -0.05) is 27.7 Å². The molecule has 4 heteroatoms. The number of rotatable bonds is 3. The van der Waals surface area contributed by atoms with E-state index in [4.69, 9.17) is 9.47 Å². The molecule has 100 valence electrons. The van der Waals surface area contributed by atoms with Gasteiger partial charge in [-0.3, -0.25) is 0 Å². The summed E-state index contributed by atoms with van der Waals surface area (Å²) in [5.41, 5.74) is 3.34. The van der Waals surface area contributed by atoms with E-state index in [-0.39, 0.29) is 0 Å². The van der Waals surface area contributed by atoms with Gasteiger partial charge in [0.2, 0.25) is 0 Å². The molecule has 4 nitrogen and oxygen atoms in total. The fourth-order valence-corrected chi connectivity index (χ4v) is 2.40. The summed E-state index contributed by atoms with van der Waals surface area (Å²) in [6.07, 6.45) is 0. The highest BCUT2D eigenvalue weighted by atomic mass is 16.5. The molecular formula is C14H22N2O2. The quantitative estimate of drug-likeness (QED) is 0.827. The van der Waals surface area contributed by atoms with Gasteiger partial charge in [-0.05, 0) is 11.8 Å². The molecule has 1 unspecified atom stereocenters. The van der Waals surface area contributed by atoms with Crippen LogP contribution < -0.4 is 4.74 Å². The third-order valence-electron chi connectivity index (χ3n) is 3.48. The van der Waals surface area contributed by atoms with Crippen LogP contribution in [0.2, 0.25) is 0 Å². The van der Waals surface area contributed by atoms with Crippen LogP contribution in [0.5, 0.6) is 6.01 Å². The molecule has 0 saturated carbocycles. The van der Waals surface area contributed by atoms with Crippen LogP contribution in [-0.4, -0.2) is 23.7 Å². The number of hydrogen-bond acceptors (Lipinski definition) is 4. The molecule has 1 atom stereocenters. The van der Waals surface area contributed by atoms with E-state index < -0.39 is 0 Å². The summed E-state index contributed by atoms with van der Waals surface area (Å²) < 4.78 is 10.9. The summed E-state index contributed by atoms with van der Waals surface area (Å²) in [5.74, 6) is 1.19. The van der Waals surface area contributed by atoms with Gasteiger partial charge >= 0.3 is 6.01 Å². The molecule has 0 aromatic carbocycles. The molecule has 0 amide bonds. The summed E-state index contributed by atoms with van der Waals surface area (Å²) in [6.45, 7) is 10.0. The third kappa shape index (κ3) is 2.34. The predicted octanol–water partition coefficient (Wildman–Crippen LogP) is 2.88. The van der Waals surface area contributed by atoms with Gasteiger partial charge in [-0.2, -0.15) is 9.97 Å². The molecule has 2 rings (SSSR count). The molecule has 18 heavy (non-hydrogen) atoms. The molecule has 0 saturated heterocycles. The molecule has 2 heterocycles. The van der Waals surface area contributed by atoms with E-state index in [1.165, 1.54) is 0 Å². The third-order valence-corrected chi connectivity index (χ3v) is 3.48. The van der Waals surface area contributed by atoms with Gasteiger partial charge in [0.25, 0.3) is 0 Å². The lowest BCUT2D eigenvalue weighted by molar-refractivity contribution is 0.0752. The van der Waals surface area contributed by atoms with E-state index in [2.05, 4.69) is 37.7 Å². The maximum absolute atomic E-state index is 5.71. The SMILES string of the molecule is COc1nc(C(C)C)c2c(n1)C(C(C)C)COC2. The number of fused-ring (bicyclic) bond motifs is 1. The van der Waals surface area contributed by atoms with Crippen LogP contribution in [0.4, 0.5) is 0 Å². The largest absolute Gasteiger partial charge is 0.467 e. The van der Waals surface area contributed by atoms with Gasteiger partial charge in [0.1, 0.15) is 0 Å². The average molecular weight is 250 g/mol. The molecule has 1 aliphatic rings. The van der Waals surface area contributed by atoms with E-state index in [0.717, 1.165) is 23.6 Å². The molecule has 1 aromatic heterocycles. The molecule has 0 N–H and O–H groups in total. The minimum Gasteiger partial charge on any atom is -0.467 e. The van der Waals surface area contributed by atoms with Crippen LogP contribution in [0.15, 0.2) is 0 Å². The van der Waals surface area contributed by atoms with Gasteiger partial charge in [0, 0.05) is 11.5 Å². The second-order valence-corrected chi connectivity index (χ2v) is 5.48. The van der Waals surface area contributed by atoms with E-state index in [1.54, 1.807) is 7.11 Å². The van der Waals surface area contributed by atoms with Crippen LogP contribution in [0.1, 0.15) is 56.5 Å². The first-order valence-corrected chi connectivity index (χ1v) is 6.57. The molecular weight excluding hydrogens is 228 g/mol. The van der Waals surface area contributed by atoms with Crippen LogP contribution in [0.25, 0.3) is 0 Å². The zero-order chi connectivity index (χ0) is 13.3. The summed E-state index contributed by atoms with van der Waals surface area (Å²) in [4.78, 5) is 9.05. The molecule has 1 aliphatic heterocycles. The summed E-state index contributed by atoms with van der Waals surface area (Å²) in [6, 6.07) is 0.477. The van der Waals surface area contributed by atoms with E-state index >= 15 is 0 Å². The smallest absolute Gasteiger partial charge is 0.316 e. The van der Waals surface area contributed by atoms with Crippen LogP contribution >= 0.6 is 0 Å². The highest BCUT2D eigenvalue weighted by Crippen LogP contribution is 2.35. The molecule has 0 bridgehead atoms. The molecule has 0 spiro atoms. The Morgan fingerprint density at radius 3 is 2.50 bits per heavy atom. The van der Waals surface area contributed by atoms with Crippen LogP contribution in [0, 0.1) is 5.92 Å². The van der Waals surface area contributed by atoms with E-state index in [0.29, 0.717) is 30.4 Å². The lowest BCUT2D eigenvalue weighted by atomic mass is 9.87. The van der Waals surface area contributed by atoms with Crippen molar-refractivity contribution in [2.75, 3.05) is 13.7 Å². The van der Waals surface area contributed by atoms with Gasteiger partial charge in [-0.25, -0.2) is 0 Å². The molecule has 0 aliphatic carbocycles. The van der Waals surface area contributed by atoms with Gasteiger partial charge in [0.15, 0.2) is 0 Å². The fraction of sp³-hybridized carbons (Fsp3) is 0.714. The van der Waals surface area contributed by atoms with Crippen molar-refractivity contribution >= 4 is 0 Å². The Balaban J connectivity index is 2.55. The highest BCUT2D eigenvalue weighted by Gasteiger charge is 2.29. The molecule has 0 radical (unpaired) electrons. The molecule has 0 fully saturated rings. The maximum atomic E-state index is 5.71. The lowest BCUT2D eigenvalue weighted by Crippen LogP contribution is -2.25. The van der Waals surface area contributed by atoms with Crippen molar-refractivity contribution < 1.29 is 9.47 Å². The highest BCUT2D eigenvalue weighted by molar-refractivity contribution is 5.33. The minimum atomic E-state index is 0.336. The lowest BCUT2D eigenvalue weighted by Gasteiger charge is -2.29. The van der Waals surface area contributed by atoms with Crippen molar-refractivity contribution in [3.63, 3.8) is 0 Å². The zero-order valence-corrected chi connectivity index (χ0v) is 11.9. The Bertz CT molecular complexity index is 430. The Morgan fingerprint density at radius 1 is 1.22 bits per heavy atom. The topological polar surface area (TPSA) is 44.2 Å². The summed E-state index contributed by atoms with van der Waals surface area (Å²) in [5, 5.41) is 0. The van der Waals surface area contributed by atoms with Crippen molar-refractivity contribution in [3.05, 3.63) is 17.0 Å². The summed E-state index contributed by atoms with van der Waals surface area (Å²) in [7, 11) is 1.62. The van der Waals surface area contributed by atoms with Gasteiger partial charge < -0.3 is 9.47 Å². The maximum Gasteiger partial charge on any atom is 0.316 e. The first kappa shape index (κ1) is 13.3. The number of methoxy groups -OCH3 is 1. The van der Waals surface area contributed by atoms with Gasteiger partial charge in [0.05, 0.1) is 31.7 Å². The Labute approximate surface area is 109 Å². The Kier molecular flexibility index (Phi) is 3.85. The van der Waals surface area contributed by atoms with Crippen molar-refractivity contribution in [2.24, 2.45) is 5.92 Å². The molecule has 1 aromatic rings. The number of nitrogens with zero attached hydrogens (tertiary/aromatic N) is 2. The Hall–Kier alpha value is -1.16. The number of ether oxygens (including phenoxy) is 2. The minimum absolute atomic E-state index is 0.336. The van der Waals surface area contributed by atoms with Crippen molar-refractivity contribution in [1.29, 1.82) is 0 Å². The standard InChI is InChI=1S/C14H22N2O2/c1-8(2)10-6-18-7-11-12(9(3)4)15-14(17-5)16-13(10)11/h8-10H,6-7H2,1-5H3. The van der Waals surface area contributed by atoms with Crippen LogP contribution in [-0.2, 0) is 11.3 Å². The van der Waals surface area contributed by atoms with Crippen molar-refractivity contribution in [3.8, 4) is 6.01 Å². The second-order valence-electron chi connectivity index (χ2n) is 5.48. The predicted molar refractivity (Wildman–Crippen MR) is 69.9 cm³/mol. The first-order chi connectivity index (χ1) is 8.54. The van der Waals surface area contributed by atoms with E-state index in [9.17, 15) is 0 Å². The number of aromatic nitrogens is 2.